The summed E-state index contributed by atoms with van der Waals surface area (Å²) in [5, 5.41) is 29.5. The van der Waals surface area contributed by atoms with Gasteiger partial charge in [0, 0.05) is 0 Å². The van der Waals surface area contributed by atoms with Gasteiger partial charge in [-0.05, 0) is 17.7 Å². The third-order valence-corrected chi connectivity index (χ3v) is 1.84. The lowest BCUT2D eigenvalue weighted by atomic mass is 10.1. The molecular formula is C9H14NO3+. The molecule has 0 aromatic heterocycles. The Kier molecular flexibility index (Phi) is 3.11. The fraction of sp³-hybridized carbons (Fsp3) is 0.333. The van der Waals surface area contributed by atoms with Gasteiger partial charge < -0.3 is 20.6 Å². The second-order valence-electron chi connectivity index (χ2n) is 2.91. The normalized spacial score (nSPS) is 12.8. The summed E-state index contributed by atoms with van der Waals surface area (Å²) >= 11 is 0. The molecule has 1 atom stereocenters. The molecule has 0 saturated heterocycles. The van der Waals surface area contributed by atoms with Crippen LogP contribution >= 0.6 is 0 Å². The van der Waals surface area contributed by atoms with Crippen LogP contribution in [0.2, 0.25) is 0 Å². The molecular weight excluding hydrogens is 170 g/mol. The van der Waals surface area contributed by atoms with E-state index in [9.17, 15) is 5.11 Å². The summed E-state index contributed by atoms with van der Waals surface area (Å²) in [4.78, 5) is 0. The summed E-state index contributed by atoms with van der Waals surface area (Å²) in [6.45, 7) is 0.532. The van der Waals surface area contributed by atoms with E-state index >= 15 is 0 Å². The maximum atomic E-state index is 9.51. The van der Waals surface area contributed by atoms with Crippen molar-refractivity contribution in [3.8, 4) is 11.5 Å². The second-order valence-corrected chi connectivity index (χ2v) is 2.91. The van der Waals surface area contributed by atoms with E-state index in [1.54, 1.807) is 6.07 Å². The fourth-order valence-corrected chi connectivity index (χ4v) is 1.11. The van der Waals surface area contributed by atoms with Gasteiger partial charge in [-0.25, -0.2) is 0 Å². The zero-order valence-corrected chi connectivity index (χ0v) is 7.44. The Morgan fingerprint density at radius 2 is 2.00 bits per heavy atom. The van der Waals surface area contributed by atoms with Gasteiger partial charge in [0.15, 0.2) is 11.5 Å². The van der Waals surface area contributed by atoms with Crippen molar-refractivity contribution >= 4 is 0 Å². The highest BCUT2D eigenvalue weighted by atomic mass is 16.3. The van der Waals surface area contributed by atoms with Crippen LogP contribution in [-0.4, -0.2) is 28.9 Å². The molecule has 0 aliphatic heterocycles. The molecule has 1 rings (SSSR count). The van der Waals surface area contributed by atoms with Crippen molar-refractivity contribution in [1.82, 2.24) is 0 Å². The van der Waals surface area contributed by atoms with Crippen LogP contribution < -0.4 is 5.32 Å². The second kappa shape index (κ2) is 4.11. The number of aromatic hydroxyl groups is 2. The maximum absolute atomic E-state index is 9.51. The average molecular weight is 184 g/mol. The van der Waals surface area contributed by atoms with Crippen molar-refractivity contribution in [1.29, 1.82) is 0 Å². The minimum absolute atomic E-state index is 0.170. The fourth-order valence-electron chi connectivity index (χ4n) is 1.11. The highest BCUT2D eigenvalue weighted by Gasteiger charge is 2.10. The first-order chi connectivity index (χ1) is 6.15. The molecule has 4 nitrogen and oxygen atoms in total. The third-order valence-electron chi connectivity index (χ3n) is 1.84. The van der Waals surface area contributed by atoms with Crippen LogP contribution in [-0.2, 0) is 0 Å². The van der Waals surface area contributed by atoms with Gasteiger partial charge in [0.25, 0.3) is 0 Å². The zero-order chi connectivity index (χ0) is 9.84. The molecule has 0 bridgehead atoms. The van der Waals surface area contributed by atoms with E-state index in [2.05, 4.69) is 0 Å². The number of likely N-dealkylation sites (N-methyl/N-ethyl adjacent to an activating group) is 1. The standard InChI is InChI=1S/C9H13NO3/c1-10-5-9(13)6-2-3-7(11)8(12)4-6/h2-4,9-13H,5H2,1H3/p+1/t9-/m0/s1. The van der Waals surface area contributed by atoms with Crippen LogP contribution in [0.3, 0.4) is 0 Å². The Morgan fingerprint density at radius 1 is 1.31 bits per heavy atom. The first kappa shape index (κ1) is 9.83. The molecule has 0 saturated carbocycles. The monoisotopic (exact) mass is 184 g/mol. The van der Waals surface area contributed by atoms with Gasteiger partial charge in [-0.15, -0.1) is 0 Å². The van der Waals surface area contributed by atoms with Gasteiger partial charge in [0.1, 0.15) is 12.6 Å². The van der Waals surface area contributed by atoms with E-state index in [1.165, 1.54) is 12.1 Å². The summed E-state index contributed by atoms with van der Waals surface area (Å²) in [6.07, 6.45) is -0.614. The van der Waals surface area contributed by atoms with Gasteiger partial charge in [-0.3, -0.25) is 0 Å². The average Bonchev–Trinajstić information content (AvgIpc) is 2.10. The number of aliphatic hydroxyl groups is 1. The molecule has 0 aliphatic rings. The molecule has 0 radical (unpaired) electrons. The lowest BCUT2D eigenvalue weighted by molar-refractivity contribution is -0.634. The van der Waals surface area contributed by atoms with E-state index in [-0.39, 0.29) is 11.5 Å². The SMILES string of the molecule is C[NH2+]C[C@H](O)c1ccc(O)c(O)c1. The van der Waals surface area contributed by atoms with E-state index in [0.717, 1.165) is 0 Å². The summed E-state index contributed by atoms with van der Waals surface area (Å²) < 4.78 is 0. The highest BCUT2D eigenvalue weighted by molar-refractivity contribution is 5.41. The predicted molar refractivity (Wildman–Crippen MR) is 47.4 cm³/mol. The Bertz CT molecular complexity index is 288. The van der Waals surface area contributed by atoms with E-state index < -0.39 is 6.10 Å². The first-order valence-corrected chi connectivity index (χ1v) is 4.13. The van der Waals surface area contributed by atoms with Crippen LogP contribution in [0.25, 0.3) is 0 Å². The molecule has 0 spiro atoms. The summed E-state index contributed by atoms with van der Waals surface area (Å²) in [6, 6.07) is 4.32. The molecule has 0 unspecified atom stereocenters. The molecule has 0 heterocycles. The smallest absolute Gasteiger partial charge is 0.157 e. The summed E-state index contributed by atoms with van der Waals surface area (Å²) in [7, 11) is 1.85. The number of benzene rings is 1. The molecule has 72 valence electrons. The van der Waals surface area contributed by atoms with Gasteiger partial charge in [-0.1, -0.05) is 6.07 Å². The molecule has 0 amide bonds. The van der Waals surface area contributed by atoms with Crippen molar-refractivity contribution in [3.63, 3.8) is 0 Å². The van der Waals surface area contributed by atoms with Crippen molar-refractivity contribution in [2.75, 3.05) is 13.6 Å². The predicted octanol–water partition coefficient (Wildman–Crippen LogP) is -0.676. The third kappa shape index (κ3) is 2.34. The van der Waals surface area contributed by atoms with Gasteiger partial charge in [0.2, 0.25) is 0 Å². The number of aliphatic hydroxyl groups excluding tert-OH is 1. The zero-order valence-electron chi connectivity index (χ0n) is 7.44. The number of rotatable bonds is 3. The number of nitrogens with two attached hydrogens (primary N) is 1. The van der Waals surface area contributed by atoms with Crippen molar-refractivity contribution in [2.45, 2.75) is 6.10 Å². The first-order valence-electron chi connectivity index (χ1n) is 4.13. The van der Waals surface area contributed by atoms with Crippen LogP contribution in [0.5, 0.6) is 11.5 Å². The molecule has 0 aliphatic carbocycles. The largest absolute Gasteiger partial charge is 0.504 e. The number of phenols is 2. The van der Waals surface area contributed by atoms with Crippen molar-refractivity contribution < 1.29 is 20.6 Å². The quantitative estimate of drug-likeness (QED) is 0.470. The lowest BCUT2D eigenvalue weighted by Gasteiger charge is -2.08. The molecule has 13 heavy (non-hydrogen) atoms. The van der Waals surface area contributed by atoms with Crippen molar-refractivity contribution in [3.05, 3.63) is 23.8 Å². The van der Waals surface area contributed by atoms with Crippen LogP contribution in [0.4, 0.5) is 0 Å². The molecule has 1 aromatic rings. The number of phenolic OH excluding ortho intramolecular Hbond substituents is 2. The van der Waals surface area contributed by atoms with Crippen LogP contribution in [0, 0.1) is 0 Å². The summed E-state index contributed by atoms with van der Waals surface area (Å²) in [5.41, 5.74) is 0.605. The Labute approximate surface area is 76.5 Å². The Balaban J connectivity index is 2.84. The van der Waals surface area contributed by atoms with E-state index in [1.807, 2.05) is 12.4 Å². The van der Waals surface area contributed by atoms with Crippen LogP contribution in [0.15, 0.2) is 18.2 Å². The topological polar surface area (TPSA) is 77.3 Å². The van der Waals surface area contributed by atoms with Crippen LogP contribution in [0.1, 0.15) is 11.7 Å². The van der Waals surface area contributed by atoms with Gasteiger partial charge in [-0.2, -0.15) is 0 Å². The molecule has 4 heteroatoms. The lowest BCUT2D eigenvalue weighted by Crippen LogP contribution is -2.80. The Morgan fingerprint density at radius 3 is 2.54 bits per heavy atom. The number of hydrogen-bond donors (Lipinski definition) is 4. The highest BCUT2D eigenvalue weighted by Crippen LogP contribution is 2.27. The van der Waals surface area contributed by atoms with E-state index in [4.69, 9.17) is 10.2 Å². The van der Waals surface area contributed by atoms with Gasteiger partial charge in [0.05, 0.1) is 7.05 Å². The maximum Gasteiger partial charge on any atom is 0.157 e. The molecule has 0 fully saturated rings. The van der Waals surface area contributed by atoms with Gasteiger partial charge >= 0.3 is 0 Å². The molecule has 5 N–H and O–H groups in total. The van der Waals surface area contributed by atoms with E-state index in [0.29, 0.717) is 12.1 Å². The minimum atomic E-state index is -0.614. The minimum Gasteiger partial charge on any atom is -0.504 e. The summed E-state index contributed by atoms with van der Waals surface area (Å²) in [5.74, 6) is -0.371. The Hall–Kier alpha value is -1.26. The van der Waals surface area contributed by atoms with Crippen molar-refractivity contribution in [2.24, 2.45) is 0 Å². The number of hydrogen-bond acceptors (Lipinski definition) is 3. The number of quaternary nitrogens is 1. The molecule has 1 aromatic carbocycles.